The molecule has 0 radical (unpaired) electrons. The molecule has 0 spiro atoms. The van der Waals surface area contributed by atoms with Crippen molar-refractivity contribution < 1.29 is 18.0 Å². The summed E-state index contributed by atoms with van der Waals surface area (Å²) in [5.41, 5.74) is 3.26. The van der Waals surface area contributed by atoms with Crippen LogP contribution in [0.4, 0.5) is 13.2 Å². The molecule has 0 aliphatic rings. The molecule has 0 fully saturated rings. The van der Waals surface area contributed by atoms with Gasteiger partial charge in [-0.15, -0.1) is 0 Å². The molecule has 0 aliphatic carbocycles. The molecule has 140 valence electrons. The molecule has 1 N–H and O–H groups in total. The molecule has 1 aromatic heterocycles. The highest BCUT2D eigenvalue weighted by Gasteiger charge is 2.29. The molecule has 2 nitrogen and oxygen atoms in total. The zero-order valence-electron chi connectivity index (χ0n) is 14.4. The lowest BCUT2D eigenvalue weighted by Crippen LogP contribution is -2.23. The minimum atomic E-state index is -4.34. The van der Waals surface area contributed by atoms with Crippen molar-refractivity contribution in [3.8, 4) is 11.1 Å². The number of hydrogen-bond acceptors (Lipinski definition) is 2. The molecule has 0 unspecified atom stereocenters. The van der Waals surface area contributed by atoms with Crippen molar-refractivity contribution in [3.63, 3.8) is 0 Å². The van der Waals surface area contributed by atoms with Gasteiger partial charge in [-0.3, -0.25) is 4.79 Å². The van der Waals surface area contributed by atoms with Gasteiger partial charge in [0, 0.05) is 13.0 Å². The second-order valence-electron chi connectivity index (χ2n) is 6.14. The predicted molar refractivity (Wildman–Crippen MR) is 101 cm³/mol. The van der Waals surface area contributed by atoms with Gasteiger partial charge in [0.2, 0.25) is 5.91 Å². The largest absolute Gasteiger partial charge is 0.416 e. The van der Waals surface area contributed by atoms with E-state index in [0.29, 0.717) is 18.5 Å². The van der Waals surface area contributed by atoms with E-state index in [0.717, 1.165) is 28.8 Å². The van der Waals surface area contributed by atoms with Gasteiger partial charge in [0.1, 0.15) is 0 Å². The van der Waals surface area contributed by atoms with Crippen LogP contribution in [0.25, 0.3) is 11.1 Å². The predicted octanol–water partition coefficient (Wildman–Crippen LogP) is 5.68. The summed E-state index contributed by atoms with van der Waals surface area (Å²) in [5, 5.41) is 6.96. The van der Waals surface area contributed by atoms with E-state index >= 15 is 0 Å². The van der Waals surface area contributed by atoms with Crippen molar-refractivity contribution in [1.82, 2.24) is 5.32 Å². The van der Waals surface area contributed by atoms with Gasteiger partial charge >= 0.3 is 6.18 Å². The number of nitrogens with one attached hydrogen (secondary N) is 1. The van der Waals surface area contributed by atoms with Gasteiger partial charge in [-0.05, 0) is 57.6 Å². The summed E-state index contributed by atoms with van der Waals surface area (Å²) in [6, 6.07) is 14.9. The smallest absolute Gasteiger partial charge is 0.352 e. The first-order chi connectivity index (χ1) is 12.9. The highest BCUT2D eigenvalue weighted by atomic mass is 32.1. The van der Waals surface area contributed by atoms with Crippen molar-refractivity contribution in [2.45, 2.75) is 25.6 Å². The van der Waals surface area contributed by atoms with Gasteiger partial charge in [-0.25, -0.2) is 0 Å². The van der Waals surface area contributed by atoms with E-state index < -0.39 is 11.7 Å². The molecule has 0 saturated carbocycles. The Labute approximate surface area is 159 Å². The van der Waals surface area contributed by atoms with Gasteiger partial charge in [0.15, 0.2) is 0 Å². The number of aryl methyl sites for hydroxylation is 1. The third kappa shape index (κ3) is 5.20. The van der Waals surface area contributed by atoms with E-state index in [1.807, 2.05) is 35.7 Å². The molecule has 3 aromatic rings. The van der Waals surface area contributed by atoms with Gasteiger partial charge in [-0.2, -0.15) is 24.5 Å². The SMILES string of the molecule is O=C(CCc1ccc(C(F)(F)F)cc1)NCc1ccccc1-c1ccsc1. The summed E-state index contributed by atoms with van der Waals surface area (Å²) in [5.74, 6) is -0.130. The van der Waals surface area contributed by atoms with E-state index in [-0.39, 0.29) is 12.3 Å². The lowest BCUT2D eigenvalue weighted by atomic mass is 10.0. The number of amides is 1. The lowest BCUT2D eigenvalue weighted by molar-refractivity contribution is -0.137. The minimum absolute atomic E-state index is 0.130. The number of thiophene rings is 1. The third-order valence-corrected chi connectivity index (χ3v) is 4.93. The molecule has 0 saturated heterocycles. The topological polar surface area (TPSA) is 29.1 Å². The number of rotatable bonds is 6. The molecule has 0 atom stereocenters. The standard InChI is InChI=1S/C21H18F3NOS/c22-21(23,24)18-8-5-15(6-9-18)7-10-20(26)25-13-16-3-1-2-4-19(16)17-11-12-27-14-17/h1-6,8-9,11-12,14H,7,10,13H2,(H,25,26). The van der Waals surface area contributed by atoms with Gasteiger partial charge < -0.3 is 5.32 Å². The van der Waals surface area contributed by atoms with Crippen LogP contribution in [-0.2, 0) is 23.9 Å². The van der Waals surface area contributed by atoms with Crippen molar-refractivity contribution in [2.24, 2.45) is 0 Å². The molecule has 6 heteroatoms. The maximum atomic E-state index is 12.6. The maximum absolute atomic E-state index is 12.6. The van der Waals surface area contributed by atoms with Crippen LogP contribution in [0.3, 0.4) is 0 Å². The average molecular weight is 389 g/mol. The van der Waals surface area contributed by atoms with Crippen LogP contribution in [0, 0.1) is 0 Å². The Morgan fingerprint density at radius 3 is 2.41 bits per heavy atom. The molecule has 3 rings (SSSR count). The van der Waals surface area contributed by atoms with Crippen LogP contribution < -0.4 is 5.32 Å². The van der Waals surface area contributed by atoms with Crippen LogP contribution in [0.2, 0.25) is 0 Å². The van der Waals surface area contributed by atoms with Gasteiger partial charge in [0.25, 0.3) is 0 Å². The number of alkyl halides is 3. The third-order valence-electron chi connectivity index (χ3n) is 4.25. The molecule has 2 aromatic carbocycles. The van der Waals surface area contributed by atoms with Crippen molar-refractivity contribution in [2.75, 3.05) is 0 Å². The molecular weight excluding hydrogens is 371 g/mol. The molecule has 0 bridgehead atoms. The van der Waals surface area contributed by atoms with Crippen molar-refractivity contribution in [3.05, 3.63) is 82.0 Å². The second-order valence-corrected chi connectivity index (χ2v) is 6.92. The highest BCUT2D eigenvalue weighted by molar-refractivity contribution is 7.08. The van der Waals surface area contributed by atoms with Crippen LogP contribution in [-0.4, -0.2) is 5.91 Å². The molecule has 1 heterocycles. The Hall–Kier alpha value is -2.60. The molecular formula is C21H18F3NOS. The van der Waals surface area contributed by atoms with Crippen LogP contribution in [0.1, 0.15) is 23.1 Å². The zero-order chi connectivity index (χ0) is 19.3. The minimum Gasteiger partial charge on any atom is -0.352 e. The number of benzene rings is 2. The first kappa shape index (κ1) is 19.2. The first-order valence-corrected chi connectivity index (χ1v) is 9.41. The second kappa shape index (κ2) is 8.39. The first-order valence-electron chi connectivity index (χ1n) is 8.47. The van der Waals surface area contributed by atoms with Crippen LogP contribution in [0.15, 0.2) is 65.4 Å². The maximum Gasteiger partial charge on any atom is 0.416 e. The van der Waals surface area contributed by atoms with E-state index in [2.05, 4.69) is 10.7 Å². The number of carbonyl (C=O) groups excluding carboxylic acids is 1. The number of hydrogen-bond donors (Lipinski definition) is 1. The average Bonchev–Trinajstić information content (AvgIpc) is 3.19. The Morgan fingerprint density at radius 1 is 1.00 bits per heavy atom. The fourth-order valence-corrected chi connectivity index (χ4v) is 3.43. The molecule has 27 heavy (non-hydrogen) atoms. The summed E-state index contributed by atoms with van der Waals surface area (Å²) >= 11 is 1.62. The van der Waals surface area contributed by atoms with Gasteiger partial charge in [-0.1, -0.05) is 36.4 Å². The van der Waals surface area contributed by atoms with E-state index in [9.17, 15) is 18.0 Å². The van der Waals surface area contributed by atoms with Crippen LogP contribution >= 0.6 is 11.3 Å². The zero-order valence-corrected chi connectivity index (χ0v) is 15.2. The number of carbonyl (C=O) groups is 1. The Balaban J connectivity index is 1.54. The van der Waals surface area contributed by atoms with E-state index in [1.165, 1.54) is 12.1 Å². The molecule has 0 aliphatic heterocycles. The van der Waals surface area contributed by atoms with Crippen LogP contribution in [0.5, 0.6) is 0 Å². The van der Waals surface area contributed by atoms with E-state index in [1.54, 1.807) is 11.3 Å². The number of halogens is 3. The molecule has 1 amide bonds. The van der Waals surface area contributed by atoms with Gasteiger partial charge in [0.05, 0.1) is 5.56 Å². The normalized spacial score (nSPS) is 11.4. The lowest BCUT2D eigenvalue weighted by Gasteiger charge is -2.10. The highest BCUT2D eigenvalue weighted by Crippen LogP contribution is 2.29. The quantitative estimate of drug-likeness (QED) is 0.577. The van der Waals surface area contributed by atoms with E-state index in [4.69, 9.17) is 0 Å². The summed E-state index contributed by atoms with van der Waals surface area (Å²) in [6.07, 6.45) is -3.71. The summed E-state index contributed by atoms with van der Waals surface area (Å²) in [7, 11) is 0. The summed E-state index contributed by atoms with van der Waals surface area (Å²) < 4.78 is 37.7. The van der Waals surface area contributed by atoms with Crippen molar-refractivity contribution >= 4 is 17.2 Å². The fourth-order valence-electron chi connectivity index (χ4n) is 2.77. The fraction of sp³-hybridized carbons (Fsp3) is 0.190. The Bertz CT molecular complexity index is 887. The monoisotopic (exact) mass is 389 g/mol. The Morgan fingerprint density at radius 2 is 1.74 bits per heavy atom. The Kier molecular flexibility index (Phi) is 5.96. The summed E-state index contributed by atoms with van der Waals surface area (Å²) in [4.78, 5) is 12.1. The van der Waals surface area contributed by atoms with Crippen molar-refractivity contribution in [1.29, 1.82) is 0 Å². The summed E-state index contributed by atoms with van der Waals surface area (Å²) in [6.45, 7) is 0.415.